The second-order valence-corrected chi connectivity index (χ2v) is 5.43. The van der Waals surface area contributed by atoms with Gasteiger partial charge in [0.25, 0.3) is 0 Å². The van der Waals surface area contributed by atoms with E-state index in [1.54, 1.807) is 12.1 Å². The molecule has 2 aromatic rings. The van der Waals surface area contributed by atoms with E-state index in [0.717, 1.165) is 5.69 Å². The van der Waals surface area contributed by atoms with E-state index in [1.807, 2.05) is 48.5 Å². The molecular formula is C18H22N4O3. The van der Waals surface area contributed by atoms with Crippen molar-refractivity contribution in [2.24, 2.45) is 10.2 Å². The van der Waals surface area contributed by atoms with Gasteiger partial charge in [0.1, 0.15) is 17.9 Å². The van der Waals surface area contributed by atoms with Crippen molar-refractivity contribution < 1.29 is 15.3 Å². The van der Waals surface area contributed by atoms with Crippen LogP contribution in [-0.4, -0.2) is 45.6 Å². The molecule has 7 heteroatoms. The molecule has 0 fully saturated rings. The number of anilines is 2. The molecule has 25 heavy (non-hydrogen) atoms. The van der Waals surface area contributed by atoms with Crippen LogP contribution in [0.1, 0.15) is 6.92 Å². The van der Waals surface area contributed by atoms with Crippen molar-refractivity contribution in [2.45, 2.75) is 25.2 Å². The van der Waals surface area contributed by atoms with Gasteiger partial charge in [0, 0.05) is 0 Å². The number of hydrogen-bond acceptors (Lipinski definition) is 7. The van der Waals surface area contributed by atoms with Crippen LogP contribution in [0, 0.1) is 0 Å². The summed E-state index contributed by atoms with van der Waals surface area (Å²) in [5, 5.41) is 37.7. The van der Waals surface area contributed by atoms with Gasteiger partial charge in [-0.05, 0) is 31.2 Å². The van der Waals surface area contributed by atoms with E-state index in [1.165, 1.54) is 13.1 Å². The molecule has 0 bridgehead atoms. The highest BCUT2D eigenvalue weighted by Crippen LogP contribution is 2.08. The van der Waals surface area contributed by atoms with Gasteiger partial charge in [-0.2, -0.15) is 10.2 Å². The van der Waals surface area contributed by atoms with Crippen molar-refractivity contribution in [2.75, 3.05) is 10.9 Å². The van der Waals surface area contributed by atoms with E-state index >= 15 is 0 Å². The number of nitrogens with one attached hydrogen (secondary N) is 2. The number of benzene rings is 2. The molecule has 0 spiro atoms. The highest BCUT2D eigenvalue weighted by Gasteiger charge is 2.25. The average molecular weight is 342 g/mol. The molecule has 0 heterocycles. The molecule has 0 aliphatic carbocycles. The Labute approximate surface area is 146 Å². The van der Waals surface area contributed by atoms with E-state index in [0.29, 0.717) is 5.69 Å². The molecule has 2 rings (SSSR count). The molecule has 2 aromatic carbocycles. The summed E-state index contributed by atoms with van der Waals surface area (Å²) in [6, 6.07) is 18.4. The van der Waals surface area contributed by atoms with Crippen molar-refractivity contribution in [3.8, 4) is 0 Å². The Morgan fingerprint density at radius 2 is 1.40 bits per heavy atom. The molecule has 0 saturated carbocycles. The maximum absolute atomic E-state index is 10.2. The van der Waals surface area contributed by atoms with Crippen LogP contribution in [0.15, 0.2) is 70.9 Å². The molecule has 0 unspecified atom stereocenters. The lowest BCUT2D eigenvalue weighted by Gasteiger charge is -2.20. The zero-order chi connectivity index (χ0) is 18.1. The third-order valence-electron chi connectivity index (χ3n) is 3.37. The first-order valence-electron chi connectivity index (χ1n) is 7.85. The first-order chi connectivity index (χ1) is 12.1. The average Bonchev–Trinajstić information content (AvgIpc) is 2.65. The van der Waals surface area contributed by atoms with Gasteiger partial charge >= 0.3 is 0 Å². The van der Waals surface area contributed by atoms with Crippen molar-refractivity contribution in [3.63, 3.8) is 0 Å². The minimum absolute atomic E-state index is 0.0701. The van der Waals surface area contributed by atoms with Gasteiger partial charge in [0.2, 0.25) is 0 Å². The predicted molar refractivity (Wildman–Crippen MR) is 99.8 cm³/mol. The second-order valence-electron chi connectivity index (χ2n) is 5.43. The number of hydrogen-bond donors (Lipinski definition) is 5. The summed E-state index contributed by atoms with van der Waals surface area (Å²) < 4.78 is 0. The smallest absolute Gasteiger partial charge is 0.128 e. The fourth-order valence-corrected chi connectivity index (χ4v) is 1.94. The molecule has 5 N–H and O–H groups in total. The van der Waals surface area contributed by atoms with Crippen LogP contribution in [0.5, 0.6) is 0 Å². The zero-order valence-corrected chi connectivity index (χ0v) is 13.8. The zero-order valence-electron chi connectivity index (χ0n) is 13.8. The lowest BCUT2D eigenvalue weighted by molar-refractivity contribution is -0.0249. The van der Waals surface area contributed by atoms with E-state index in [2.05, 4.69) is 21.1 Å². The van der Waals surface area contributed by atoms with Crippen molar-refractivity contribution in [1.82, 2.24) is 0 Å². The van der Waals surface area contributed by atoms with Crippen LogP contribution in [0.3, 0.4) is 0 Å². The normalized spacial score (nSPS) is 15.6. The SMILES string of the molecule is C[C@H](O)[C@H](O)[C@H](O)C(/C=N\Nc1ccccc1)=N\Nc1ccccc1. The largest absolute Gasteiger partial charge is 0.391 e. The number of aliphatic hydroxyl groups excluding tert-OH is 3. The minimum atomic E-state index is -1.41. The molecule has 3 atom stereocenters. The quantitative estimate of drug-likeness (QED) is 0.370. The van der Waals surface area contributed by atoms with Crippen molar-refractivity contribution >= 4 is 23.3 Å². The highest BCUT2D eigenvalue weighted by atomic mass is 16.4. The lowest BCUT2D eigenvalue weighted by atomic mass is 10.1. The van der Waals surface area contributed by atoms with Gasteiger partial charge in [-0.1, -0.05) is 36.4 Å². The van der Waals surface area contributed by atoms with E-state index in [9.17, 15) is 15.3 Å². The van der Waals surface area contributed by atoms with Gasteiger partial charge < -0.3 is 15.3 Å². The summed E-state index contributed by atoms with van der Waals surface area (Å²) in [7, 11) is 0. The predicted octanol–water partition coefficient (Wildman–Crippen LogP) is 1.65. The monoisotopic (exact) mass is 342 g/mol. The molecule has 0 aromatic heterocycles. The number of para-hydroxylation sites is 2. The summed E-state index contributed by atoms with van der Waals surface area (Å²) in [5.74, 6) is 0. The van der Waals surface area contributed by atoms with Crippen LogP contribution >= 0.6 is 0 Å². The molecular weight excluding hydrogens is 320 g/mol. The van der Waals surface area contributed by atoms with Gasteiger partial charge in [0.05, 0.1) is 23.7 Å². The fraction of sp³-hybridized carbons (Fsp3) is 0.222. The van der Waals surface area contributed by atoms with Crippen LogP contribution in [0.2, 0.25) is 0 Å². The minimum Gasteiger partial charge on any atom is -0.391 e. The molecule has 132 valence electrons. The first kappa shape index (κ1) is 18.6. The number of nitrogens with zero attached hydrogens (tertiary/aromatic N) is 2. The fourth-order valence-electron chi connectivity index (χ4n) is 1.94. The third kappa shape index (κ3) is 6.00. The Kier molecular flexibility index (Phi) is 7.09. The Balaban J connectivity index is 2.13. The Bertz CT molecular complexity index is 690. The van der Waals surface area contributed by atoms with Crippen molar-refractivity contribution in [3.05, 3.63) is 60.7 Å². The number of rotatable bonds is 8. The van der Waals surface area contributed by atoms with Crippen LogP contribution < -0.4 is 10.9 Å². The van der Waals surface area contributed by atoms with Crippen LogP contribution in [0.4, 0.5) is 11.4 Å². The second kappa shape index (κ2) is 9.53. The topological polar surface area (TPSA) is 109 Å². The van der Waals surface area contributed by atoms with Gasteiger partial charge in [-0.25, -0.2) is 0 Å². The molecule has 7 nitrogen and oxygen atoms in total. The summed E-state index contributed by atoms with van der Waals surface area (Å²) in [4.78, 5) is 0. The molecule has 0 aliphatic rings. The maximum atomic E-state index is 10.2. The Morgan fingerprint density at radius 1 is 0.880 bits per heavy atom. The Morgan fingerprint density at radius 3 is 1.92 bits per heavy atom. The standard InChI is InChI=1S/C18H22N4O3/c1-13(23)17(24)18(25)16(22-21-15-10-6-3-7-11-15)12-19-20-14-8-4-2-5-9-14/h2-13,17-18,20-21,23-25H,1H3/b19-12-,22-16-/t13-,17-,18+/m0/s1. The van der Waals surface area contributed by atoms with E-state index in [4.69, 9.17) is 0 Å². The van der Waals surface area contributed by atoms with E-state index in [-0.39, 0.29) is 5.71 Å². The van der Waals surface area contributed by atoms with Crippen LogP contribution in [0.25, 0.3) is 0 Å². The van der Waals surface area contributed by atoms with E-state index < -0.39 is 18.3 Å². The first-order valence-corrected chi connectivity index (χ1v) is 7.85. The number of hydrazone groups is 2. The molecule has 0 radical (unpaired) electrons. The molecule has 0 saturated heterocycles. The summed E-state index contributed by atoms with van der Waals surface area (Å²) in [6.07, 6.45) is -2.62. The lowest BCUT2D eigenvalue weighted by Crippen LogP contribution is -2.42. The summed E-state index contributed by atoms with van der Waals surface area (Å²) in [6.45, 7) is 1.38. The van der Waals surface area contributed by atoms with Gasteiger partial charge in [-0.15, -0.1) is 0 Å². The maximum Gasteiger partial charge on any atom is 0.128 e. The van der Waals surface area contributed by atoms with Gasteiger partial charge in [0.15, 0.2) is 0 Å². The molecule has 0 amide bonds. The third-order valence-corrected chi connectivity index (χ3v) is 3.37. The van der Waals surface area contributed by atoms with Crippen molar-refractivity contribution in [1.29, 1.82) is 0 Å². The summed E-state index contributed by atoms with van der Waals surface area (Å²) in [5.41, 5.74) is 7.13. The Hall–Kier alpha value is -2.74. The summed E-state index contributed by atoms with van der Waals surface area (Å²) >= 11 is 0. The highest BCUT2D eigenvalue weighted by molar-refractivity contribution is 6.33. The van der Waals surface area contributed by atoms with Crippen LogP contribution in [-0.2, 0) is 0 Å². The number of aliphatic hydroxyl groups is 3. The van der Waals surface area contributed by atoms with Gasteiger partial charge in [-0.3, -0.25) is 10.9 Å². The molecule has 0 aliphatic heterocycles.